The zero-order chi connectivity index (χ0) is 26.7. The summed E-state index contributed by atoms with van der Waals surface area (Å²) in [6, 6.07) is 5.10. The van der Waals surface area contributed by atoms with Gasteiger partial charge in [-0.05, 0) is 42.0 Å². The highest BCUT2D eigenvalue weighted by Gasteiger charge is 2.21. The Morgan fingerprint density at radius 2 is 1.84 bits per heavy atom. The molecule has 1 amide bonds. The van der Waals surface area contributed by atoms with E-state index in [1.54, 1.807) is 13.2 Å². The summed E-state index contributed by atoms with van der Waals surface area (Å²) in [6.45, 7) is 3.35. The second kappa shape index (κ2) is 10.4. The summed E-state index contributed by atoms with van der Waals surface area (Å²) in [5.74, 6) is -4.59. The largest absolute Gasteiger partial charge is 0.337 e. The van der Waals surface area contributed by atoms with Crippen LogP contribution in [-0.4, -0.2) is 25.7 Å². The molecule has 0 saturated heterocycles. The maximum absolute atomic E-state index is 14.7. The lowest BCUT2D eigenvalue weighted by atomic mass is 10.0. The summed E-state index contributed by atoms with van der Waals surface area (Å²) >= 11 is 0. The number of anilines is 5. The molecule has 2 aromatic carbocycles. The Morgan fingerprint density at radius 3 is 2.51 bits per heavy atom. The van der Waals surface area contributed by atoms with Gasteiger partial charge in [-0.15, -0.1) is 0 Å². The van der Waals surface area contributed by atoms with Crippen molar-refractivity contribution in [2.75, 3.05) is 16.0 Å². The topological polar surface area (TPSA) is 96.8 Å². The van der Waals surface area contributed by atoms with Crippen LogP contribution in [0, 0.1) is 17.5 Å². The van der Waals surface area contributed by atoms with Crippen LogP contribution in [0.15, 0.2) is 61.6 Å². The first-order valence-corrected chi connectivity index (χ1v) is 10.5. The Morgan fingerprint density at radius 1 is 1.05 bits per heavy atom. The van der Waals surface area contributed by atoms with E-state index in [2.05, 4.69) is 37.6 Å². The molecular formula is C24H18F5N7O. The maximum atomic E-state index is 14.7. The number of halogens is 5. The number of aromatic nitrogens is 4. The van der Waals surface area contributed by atoms with Gasteiger partial charge in [-0.2, -0.15) is 10.1 Å². The molecule has 2 aromatic heterocycles. The van der Waals surface area contributed by atoms with Gasteiger partial charge < -0.3 is 16.0 Å². The van der Waals surface area contributed by atoms with Gasteiger partial charge in [-0.1, -0.05) is 6.58 Å². The summed E-state index contributed by atoms with van der Waals surface area (Å²) in [5.41, 5.74) is -0.802. The van der Waals surface area contributed by atoms with Gasteiger partial charge in [0.2, 0.25) is 11.9 Å². The first kappa shape index (κ1) is 25.3. The normalized spacial score (nSPS) is 10.9. The van der Waals surface area contributed by atoms with E-state index in [-0.39, 0.29) is 34.3 Å². The molecule has 0 aliphatic heterocycles. The molecule has 0 bridgehead atoms. The SMILES string of the molecule is C=CC(=O)Nc1ccc(F)c(Nc2nc(Nc3cnn(C)c3)ncc2-c2cc(F)c(F)c(C(F)F)c2)c1. The molecule has 190 valence electrons. The molecule has 3 N–H and O–H groups in total. The van der Waals surface area contributed by atoms with Crippen LogP contribution in [0.2, 0.25) is 0 Å². The average molecular weight is 515 g/mol. The van der Waals surface area contributed by atoms with E-state index in [1.807, 2.05) is 0 Å². The third kappa shape index (κ3) is 5.72. The molecule has 0 unspecified atom stereocenters. The first-order chi connectivity index (χ1) is 17.6. The second-order valence-corrected chi connectivity index (χ2v) is 7.66. The zero-order valence-corrected chi connectivity index (χ0v) is 19.1. The van der Waals surface area contributed by atoms with Crippen molar-refractivity contribution in [3.63, 3.8) is 0 Å². The number of amides is 1. The number of hydrogen-bond donors (Lipinski definition) is 3. The fourth-order valence-electron chi connectivity index (χ4n) is 3.31. The molecule has 0 radical (unpaired) electrons. The Kier molecular flexibility index (Phi) is 7.13. The van der Waals surface area contributed by atoms with E-state index in [0.29, 0.717) is 11.8 Å². The smallest absolute Gasteiger partial charge is 0.266 e. The van der Waals surface area contributed by atoms with Crippen LogP contribution in [0.1, 0.15) is 12.0 Å². The minimum absolute atomic E-state index is 0.00689. The monoisotopic (exact) mass is 515 g/mol. The molecule has 13 heteroatoms. The van der Waals surface area contributed by atoms with Gasteiger partial charge in [0.25, 0.3) is 6.43 Å². The zero-order valence-electron chi connectivity index (χ0n) is 19.1. The predicted octanol–water partition coefficient (Wildman–Crippen LogP) is 5.84. The third-order valence-electron chi connectivity index (χ3n) is 5.02. The highest BCUT2D eigenvalue weighted by molar-refractivity contribution is 5.99. The van der Waals surface area contributed by atoms with Crippen molar-refractivity contribution in [1.29, 1.82) is 0 Å². The molecule has 2 heterocycles. The van der Waals surface area contributed by atoms with Crippen molar-refractivity contribution < 1.29 is 26.7 Å². The van der Waals surface area contributed by atoms with E-state index < -0.39 is 35.3 Å². The molecule has 0 atom stereocenters. The number of nitrogens with one attached hydrogen (secondary N) is 3. The molecule has 0 saturated carbocycles. The predicted molar refractivity (Wildman–Crippen MR) is 127 cm³/mol. The molecule has 4 aromatic rings. The van der Waals surface area contributed by atoms with Crippen LogP contribution in [0.4, 0.5) is 50.8 Å². The van der Waals surface area contributed by atoms with Crippen LogP contribution < -0.4 is 16.0 Å². The van der Waals surface area contributed by atoms with Crippen LogP contribution in [-0.2, 0) is 11.8 Å². The number of hydrogen-bond acceptors (Lipinski definition) is 6. The van der Waals surface area contributed by atoms with E-state index in [9.17, 15) is 26.7 Å². The number of rotatable bonds is 8. The van der Waals surface area contributed by atoms with Gasteiger partial charge in [-0.3, -0.25) is 9.48 Å². The molecule has 0 aliphatic carbocycles. The summed E-state index contributed by atoms with van der Waals surface area (Å²) < 4.78 is 71.0. The highest BCUT2D eigenvalue weighted by atomic mass is 19.3. The van der Waals surface area contributed by atoms with Gasteiger partial charge in [0.05, 0.1) is 23.1 Å². The van der Waals surface area contributed by atoms with Crippen LogP contribution in [0.25, 0.3) is 11.1 Å². The average Bonchev–Trinajstić information content (AvgIpc) is 3.27. The molecule has 0 aliphatic rings. The van der Waals surface area contributed by atoms with Gasteiger partial charge in [0, 0.05) is 30.7 Å². The van der Waals surface area contributed by atoms with Crippen molar-refractivity contribution in [2.45, 2.75) is 6.43 Å². The summed E-state index contributed by atoms with van der Waals surface area (Å²) in [7, 11) is 1.69. The van der Waals surface area contributed by atoms with Crippen molar-refractivity contribution in [2.24, 2.45) is 7.05 Å². The van der Waals surface area contributed by atoms with Crippen molar-refractivity contribution in [3.05, 3.63) is 84.6 Å². The summed E-state index contributed by atoms with van der Waals surface area (Å²) in [5, 5.41) is 12.1. The van der Waals surface area contributed by atoms with Gasteiger partial charge >= 0.3 is 0 Å². The van der Waals surface area contributed by atoms with E-state index in [0.717, 1.165) is 18.2 Å². The van der Waals surface area contributed by atoms with Crippen molar-refractivity contribution >= 4 is 34.7 Å². The quantitative estimate of drug-likeness (QED) is 0.201. The fraction of sp³-hybridized carbons (Fsp3) is 0.0833. The molecule has 0 fully saturated rings. The Hall–Kier alpha value is -4.81. The number of aryl methyl sites for hydroxylation is 1. The number of alkyl halides is 2. The first-order valence-electron chi connectivity index (χ1n) is 10.5. The molecule has 8 nitrogen and oxygen atoms in total. The minimum atomic E-state index is -3.29. The Bertz CT molecular complexity index is 1490. The number of carbonyl (C=O) groups excluding carboxylic acids is 1. The minimum Gasteiger partial charge on any atom is -0.337 e. The number of nitrogens with zero attached hydrogens (tertiary/aromatic N) is 4. The standard InChI is InChI=1S/C24H18F5N7O/c1-3-20(37)32-13-4-5-17(25)19(8-13)34-23-16(12-6-15(22(28)29)21(27)18(26)7-12)10-30-24(35-23)33-14-9-31-36(2)11-14/h3-11,22H,1H2,2H3,(H,32,37)(H2,30,33,34,35). The van der Waals surface area contributed by atoms with Gasteiger partial charge in [0.15, 0.2) is 11.6 Å². The second-order valence-electron chi connectivity index (χ2n) is 7.66. The highest BCUT2D eigenvalue weighted by Crippen LogP contribution is 2.35. The lowest BCUT2D eigenvalue weighted by Gasteiger charge is -2.15. The summed E-state index contributed by atoms with van der Waals surface area (Å²) in [6.07, 6.45) is 2.03. The van der Waals surface area contributed by atoms with Crippen molar-refractivity contribution in [3.8, 4) is 11.1 Å². The molecule has 4 rings (SSSR count). The lowest BCUT2D eigenvalue weighted by Crippen LogP contribution is -2.08. The van der Waals surface area contributed by atoms with Gasteiger partial charge in [-0.25, -0.2) is 26.9 Å². The van der Waals surface area contributed by atoms with Crippen LogP contribution >= 0.6 is 0 Å². The number of carbonyl (C=O) groups is 1. The third-order valence-corrected chi connectivity index (χ3v) is 5.02. The van der Waals surface area contributed by atoms with Gasteiger partial charge in [0.1, 0.15) is 11.6 Å². The molecular weight excluding hydrogens is 497 g/mol. The number of benzene rings is 2. The molecule has 0 spiro atoms. The van der Waals surface area contributed by atoms with Crippen LogP contribution in [0.3, 0.4) is 0 Å². The maximum Gasteiger partial charge on any atom is 0.266 e. The van der Waals surface area contributed by atoms with Crippen molar-refractivity contribution in [1.82, 2.24) is 19.7 Å². The van der Waals surface area contributed by atoms with E-state index in [1.165, 1.54) is 29.2 Å². The summed E-state index contributed by atoms with van der Waals surface area (Å²) in [4.78, 5) is 20.0. The lowest BCUT2D eigenvalue weighted by molar-refractivity contribution is -0.111. The Balaban J connectivity index is 1.81. The fourth-order valence-corrected chi connectivity index (χ4v) is 3.31. The van der Waals surface area contributed by atoms with Crippen LogP contribution in [0.5, 0.6) is 0 Å². The molecule has 37 heavy (non-hydrogen) atoms. The Labute approximate surface area is 206 Å². The van der Waals surface area contributed by atoms with E-state index in [4.69, 9.17) is 0 Å². The van der Waals surface area contributed by atoms with E-state index >= 15 is 0 Å².